The number of nitrogens with one attached hydrogen (secondary N) is 1. The van der Waals surface area contributed by atoms with Gasteiger partial charge in [0.2, 0.25) is 0 Å². The highest BCUT2D eigenvalue weighted by atomic mass is 32.2. The van der Waals surface area contributed by atoms with Gasteiger partial charge in [-0.15, -0.1) is 0 Å². The van der Waals surface area contributed by atoms with Crippen LogP contribution in [0.25, 0.3) is 4.85 Å². The van der Waals surface area contributed by atoms with Gasteiger partial charge in [-0.05, 0) is 66.7 Å². The number of hydrogen-bond acceptors (Lipinski definition) is 4. The van der Waals surface area contributed by atoms with Gasteiger partial charge in [0.15, 0.2) is 20.6 Å². The summed E-state index contributed by atoms with van der Waals surface area (Å²) in [6.45, 7) is 9.00. The molecule has 1 atom stereocenters. The molecule has 1 saturated heterocycles. The van der Waals surface area contributed by atoms with E-state index in [0.29, 0.717) is 16.9 Å². The maximum Gasteiger partial charge on any atom is 0.260 e. The molecule has 1 aliphatic heterocycles. The Labute approximate surface area is 202 Å². The largest absolute Gasteiger partial charge is 0.346 e. The van der Waals surface area contributed by atoms with E-state index >= 15 is 0 Å². The van der Waals surface area contributed by atoms with E-state index in [1.165, 1.54) is 17.0 Å². The molecule has 0 saturated carbocycles. The van der Waals surface area contributed by atoms with E-state index in [1.54, 1.807) is 37.3 Å². The SMILES string of the molecule is [C-]#[N+]c1ccc(N2C(=O)[C@](Cc3ccccc3)(CS(=O)(=O)c3ccc(F)cc3)NC2=S)cc1C. The van der Waals surface area contributed by atoms with E-state index in [1.807, 2.05) is 18.2 Å². The molecular formula is C25H20FN3O3S2. The van der Waals surface area contributed by atoms with Gasteiger partial charge in [0.25, 0.3) is 5.91 Å². The van der Waals surface area contributed by atoms with Crippen molar-refractivity contribution in [2.45, 2.75) is 23.8 Å². The van der Waals surface area contributed by atoms with Gasteiger partial charge in [0.05, 0.1) is 17.2 Å². The van der Waals surface area contributed by atoms with Gasteiger partial charge in [0.1, 0.15) is 11.4 Å². The van der Waals surface area contributed by atoms with Crippen LogP contribution >= 0.6 is 12.2 Å². The molecule has 9 heteroatoms. The normalized spacial score (nSPS) is 18.0. The van der Waals surface area contributed by atoms with Gasteiger partial charge >= 0.3 is 0 Å². The van der Waals surface area contributed by atoms with E-state index in [-0.39, 0.29) is 16.4 Å². The van der Waals surface area contributed by atoms with Crippen LogP contribution in [0.5, 0.6) is 0 Å². The number of aryl methyl sites for hydroxylation is 1. The summed E-state index contributed by atoms with van der Waals surface area (Å²) in [5, 5.41) is 3.07. The standard InChI is InChI=1S/C25H20FN3O3S2/c1-17-14-20(10-13-22(17)27-2)29-23(30)25(28-24(29)33,15-18-6-4-3-5-7-18)16-34(31,32)21-11-8-19(26)9-12-21/h3-14H,15-16H2,1H3,(H,28,33)/t25-/m0/s1. The van der Waals surface area contributed by atoms with Crippen LogP contribution in [0.4, 0.5) is 15.8 Å². The highest BCUT2D eigenvalue weighted by Gasteiger charge is 2.52. The minimum absolute atomic E-state index is 0.0723. The zero-order valence-corrected chi connectivity index (χ0v) is 19.8. The second kappa shape index (κ2) is 8.97. The molecule has 0 bridgehead atoms. The number of nitrogens with zero attached hydrogens (tertiary/aromatic N) is 2. The average Bonchev–Trinajstić information content (AvgIpc) is 3.03. The number of thiocarbonyl (C=S) groups is 1. The first-order chi connectivity index (χ1) is 16.1. The number of hydrogen-bond donors (Lipinski definition) is 1. The third-order valence-electron chi connectivity index (χ3n) is 5.68. The number of halogens is 1. The van der Waals surface area contributed by atoms with Crippen LogP contribution in [0.15, 0.2) is 77.7 Å². The summed E-state index contributed by atoms with van der Waals surface area (Å²) in [4.78, 5) is 18.5. The molecule has 34 heavy (non-hydrogen) atoms. The van der Waals surface area contributed by atoms with Crippen LogP contribution in [-0.2, 0) is 21.1 Å². The van der Waals surface area contributed by atoms with Gasteiger partial charge in [-0.3, -0.25) is 9.69 Å². The quantitative estimate of drug-likeness (QED) is 0.314. The second-order valence-corrected chi connectivity index (χ2v) is 10.5. The first-order valence-corrected chi connectivity index (χ1v) is 12.4. The summed E-state index contributed by atoms with van der Waals surface area (Å²) < 4.78 is 40.0. The fraction of sp³-hybridized carbons (Fsp3) is 0.160. The molecule has 0 unspecified atom stereocenters. The number of amides is 1. The predicted octanol–water partition coefficient (Wildman–Crippen LogP) is 4.36. The lowest BCUT2D eigenvalue weighted by molar-refractivity contribution is -0.121. The lowest BCUT2D eigenvalue weighted by atomic mass is 9.92. The molecular weight excluding hydrogens is 473 g/mol. The number of rotatable bonds is 6. The second-order valence-electron chi connectivity index (χ2n) is 8.11. The van der Waals surface area contributed by atoms with Crippen molar-refractivity contribution in [2.24, 2.45) is 0 Å². The average molecular weight is 494 g/mol. The van der Waals surface area contributed by atoms with Crippen molar-refractivity contribution in [3.8, 4) is 0 Å². The topological polar surface area (TPSA) is 70.8 Å². The molecule has 0 spiro atoms. The van der Waals surface area contributed by atoms with Crippen molar-refractivity contribution < 1.29 is 17.6 Å². The Balaban J connectivity index is 1.78. The van der Waals surface area contributed by atoms with Crippen LogP contribution in [0.1, 0.15) is 11.1 Å². The molecule has 0 aromatic heterocycles. The molecule has 6 nitrogen and oxygen atoms in total. The summed E-state index contributed by atoms with van der Waals surface area (Å²) in [7, 11) is -4.00. The smallest absolute Gasteiger partial charge is 0.260 e. The Bertz CT molecular complexity index is 1420. The van der Waals surface area contributed by atoms with Crippen molar-refractivity contribution in [1.29, 1.82) is 0 Å². The lowest BCUT2D eigenvalue weighted by Crippen LogP contribution is -2.54. The number of benzene rings is 3. The van der Waals surface area contributed by atoms with Gasteiger partial charge in [-0.1, -0.05) is 36.4 Å². The van der Waals surface area contributed by atoms with E-state index in [0.717, 1.165) is 17.7 Å². The van der Waals surface area contributed by atoms with Crippen LogP contribution in [-0.4, -0.2) is 30.7 Å². The highest BCUT2D eigenvalue weighted by molar-refractivity contribution is 7.91. The Morgan fingerprint density at radius 1 is 1.09 bits per heavy atom. The van der Waals surface area contributed by atoms with Gasteiger partial charge < -0.3 is 5.32 Å². The van der Waals surface area contributed by atoms with Crippen molar-refractivity contribution in [1.82, 2.24) is 5.32 Å². The molecule has 1 aliphatic rings. The van der Waals surface area contributed by atoms with Crippen LogP contribution in [0.2, 0.25) is 0 Å². The van der Waals surface area contributed by atoms with E-state index in [4.69, 9.17) is 18.8 Å². The molecule has 0 aliphatic carbocycles. The summed E-state index contributed by atoms with van der Waals surface area (Å²) in [6.07, 6.45) is 0.0723. The monoisotopic (exact) mass is 493 g/mol. The van der Waals surface area contributed by atoms with Crippen LogP contribution < -0.4 is 10.2 Å². The fourth-order valence-electron chi connectivity index (χ4n) is 4.02. The minimum atomic E-state index is -4.00. The first-order valence-electron chi connectivity index (χ1n) is 10.3. The zero-order valence-electron chi connectivity index (χ0n) is 18.2. The Hall–Kier alpha value is -3.61. The van der Waals surface area contributed by atoms with Gasteiger partial charge in [0, 0.05) is 12.1 Å². The molecule has 0 radical (unpaired) electrons. The van der Waals surface area contributed by atoms with Crippen molar-refractivity contribution >= 4 is 44.4 Å². The third kappa shape index (κ3) is 4.42. The number of anilines is 1. The molecule has 1 fully saturated rings. The van der Waals surface area contributed by atoms with Crippen molar-refractivity contribution in [3.05, 3.63) is 101 Å². The molecule has 1 heterocycles. The fourth-order valence-corrected chi connectivity index (χ4v) is 6.07. The maximum absolute atomic E-state index is 13.9. The number of carbonyl (C=O) groups excluding carboxylic acids is 1. The summed E-state index contributed by atoms with van der Waals surface area (Å²) in [5.41, 5.74) is 0.743. The molecule has 1 N–H and O–H groups in total. The predicted molar refractivity (Wildman–Crippen MR) is 132 cm³/mol. The molecule has 172 valence electrons. The molecule has 4 rings (SSSR count). The van der Waals surface area contributed by atoms with Crippen LogP contribution in [0.3, 0.4) is 0 Å². The maximum atomic E-state index is 13.9. The van der Waals surface area contributed by atoms with Crippen LogP contribution in [0, 0.1) is 19.3 Å². The Morgan fingerprint density at radius 2 is 1.76 bits per heavy atom. The van der Waals surface area contributed by atoms with E-state index in [9.17, 15) is 17.6 Å². The molecule has 3 aromatic carbocycles. The lowest BCUT2D eigenvalue weighted by Gasteiger charge is -2.27. The third-order valence-corrected chi connectivity index (χ3v) is 7.83. The highest BCUT2D eigenvalue weighted by Crippen LogP contribution is 2.33. The van der Waals surface area contributed by atoms with E-state index in [2.05, 4.69) is 10.2 Å². The summed E-state index contributed by atoms with van der Waals surface area (Å²) in [5.74, 6) is -1.64. The van der Waals surface area contributed by atoms with Gasteiger partial charge in [-0.2, -0.15) is 0 Å². The zero-order chi connectivity index (χ0) is 24.5. The van der Waals surface area contributed by atoms with E-state index < -0.39 is 32.9 Å². The molecule has 3 aromatic rings. The van der Waals surface area contributed by atoms with Gasteiger partial charge in [-0.25, -0.2) is 17.7 Å². The summed E-state index contributed by atoms with van der Waals surface area (Å²) >= 11 is 5.48. The number of sulfone groups is 1. The van der Waals surface area contributed by atoms with Crippen molar-refractivity contribution in [3.63, 3.8) is 0 Å². The minimum Gasteiger partial charge on any atom is -0.346 e. The molecule has 1 amide bonds. The first kappa shape index (κ1) is 23.5. The number of carbonyl (C=O) groups is 1. The van der Waals surface area contributed by atoms with Crippen molar-refractivity contribution in [2.75, 3.05) is 10.7 Å². The Kier molecular flexibility index (Phi) is 6.21. The summed E-state index contributed by atoms with van der Waals surface area (Å²) in [6, 6.07) is 18.4. The Morgan fingerprint density at radius 3 is 2.38 bits per heavy atom.